The highest BCUT2D eigenvalue weighted by Crippen LogP contribution is 2.21. The molecule has 0 heterocycles. The van der Waals surface area contributed by atoms with Gasteiger partial charge in [0.05, 0.1) is 0 Å². The molecular formula is C18H30FN. The van der Waals surface area contributed by atoms with Gasteiger partial charge >= 0.3 is 0 Å². The minimum atomic E-state index is -0.150. The first-order valence-corrected chi connectivity index (χ1v) is 8.26. The van der Waals surface area contributed by atoms with Gasteiger partial charge in [-0.2, -0.15) is 0 Å². The average molecular weight is 279 g/mol. The van der Waals surface area contributed by atoms with Crippen LogP contribution in [-0.2, 0) is 0 Å². The van der Waals surface area contributed by atoms with Gasteiger partial charge in [-0.15, -0.1) is 0 Å². The molecule has 1 rings (SSSR count). The van der Waals surface area contributed by atoms with E-state index in [9.17, 15) is 4.39 Å². The van der Waals surface area contributed by atoms with Crippen LogP contribution in [0.1, 0.15) is 76.8 Å². The second-order valence-electron chi connectivity index (χ2n) is 5.61. The third-order valence-electron chi connectivity index (χ3n) is 3.76. The number of hydrogen-bond donors (Lipinski definition) is 1. The van der Waals surface area contributed by atoms with Gasteiger partial charge in [-0.1, -0.05) is 64.5 Å². The fourth-order valence-electron chi connectivity index (χ4n) is 2.53. The summed E-state index contributed by atoms with van der Waals surface area (Å²) < 4.78 is 13.0. The van der Waals surface area contributed by atoms with Gasteiger partial charge in [-0.3, -0.25) is 0 Å². The minimum Gasteiger partial charge on any atom is -0.310 e. The van der Waals surface area contributed by atoms with Crippen LogP contribution in [0.25, 0.3) is 0 Å². The van der Waals surface area contributed by atoms with E-state index in [4.69, 9.17) is 0 Å². The Hall–Kier alpha value is -0.890. The van der Waals surface area contributed by atoms with Crippen LogP contribution in [0.15, 0.2) is 24.3 Å². The zero-order valence-corrected chi connectivity index (χ0v) is 13.1. The van der Waals surface area contributed by atoms with Crippen molar-refractivity contribution in [2.75, 3.05) is 6.54 Å². The first-order valence-electron chi connectivity index (χ1n) is 8.26. The zero-order valence-electron chi connectivity index (χ0n) is 13.1. The third kappa shape index (κ3) is 7.04. The quantitative estimate of drug-likeness (QED) is 0.519. The van der Waals surface area contributed by atoms with E-state index in [1.807, 2.05) is 12.1 Å². The Balaban J connectivity index is 2.37. The van der Waals surface area contributed by atoms with Crippen molar-refractivity contribution in [3.63, 3.8) is 0 Å². The summed E-state index contributed by atoms with van der Waals surface area (Å²) in [5.41, 5.74) is 1.22. The average Bonchev–Trinajstić information content (AvgIpc) is 2.47. The van der Waals surface area contributed by atoms with Crippen LogP contribution < -0.4 is 5.32 Å². The molecule has 1 aromatic rings. The number of unbranched alkanes of at least 4 members (excludes halogenated alkanes) is 5. The molecule has 0 fully saturated rings. The van der Waals surface area contributed by atoms with E-state index in [1.54, 1.807) is 12.1 Å². The summed E-state index contributed by atoms with van der Waals surface area (Å²) in [6, 6.07) is 7.34. The summed E-state index contributed by atoms with van der Waals surface area (Å²) in [5.74, 6) is -0.150. The van der Waals surface area contributed by atoms with Gasteiger partial charge in [0.25, 0.3) is 0 Å². The highest BCUT2D eigenvalue weighted by molar-refractivity contribution is 5.19. The molecule has 1 N–H and O–H groups in total. The predicted molar refractivity (Wildman–Crippen MR) is 85.4 cm³/mol. The molecule has 0 aliphatic rings. The molecule has 0 saturated heterocycles. The molecule has 0 aliphatic carbocycles. The van der Waals surface area contributed by atoms with Crippen molar-refractivity contribution in [3.8, 4) is 0 Å². The van der Waals surface area contributed by atoms with Crippen LogP contribution in [0.5, 0.6) is 0 Å². The smallest absolute Gasteiger partial charge is 0.123 e. The SMILES string of the molecule is CCCCCCCCC(NCCC)c1ccc(F)cc1. The zero-order chi connectivity index (χ0) is 14.6. The van der Waals surface area contributed by atoms with Gasteiger partial charge in [0, 0.05) is 6.04 Å². The van der Waals surface area contributed by atoms with Crippen molar-refractivity contribution in [3.05, 3.63) is 35.6 Å². The maximum atomic E-state index is 13.0. The maximum absolute atomic E-state index is 13.0. The number of halogens is 1. The van der Waals surface area contributed by atoms with Gasteiger partial charge in [0.2, 0.25) is 0 Å². The van der Waals surface area contributed by atoms with Crippen molar-refractivity contribution >= 4 is 0 Å². The number of benzene rings is 1. The van der Waals surface area contributed by atoms with E-state index in [-0.39, 0.29) is 5.82 Å². The van der Waals surface area contributed by atoms with E-state index in [2.05, 4.69) is 19.2 Å². The molecule has 20 heavy (non-hydrogen) atoms. The molecule has 2 heteroatoms. The molecule has 1 aromatic carbocycles. The fourth-order valence-corrected chi connectivity index (χ4v) is 2.53. The molecule has 0 aromatic heterocycles. The molecule has 0 spiro atoms. The Morgan fingerprint density at radius 1 is 0.900 bits per heavy atom. The Labute approximate surface area is 124 Å². The molecular weight excluding hydrogens is 249 g/mol. The van der Waals surface area contributed by atoms with Gasteiger partial charge in [0.1, 0.15) is 5.82 Å². The topological polar surface area (TPSA) is 12.0 Å². The van der Waals surface area contributed by atoms with Crippen LogP contribution in [0, 0.1) is 5.82 Å². The first-order chi connectivity index (χ1) is 9.77. The normalized spacial score (nSPS) is 12.6. The molecule has 114 valence electrons. The summed E-state index contributed by atoms with van der Waals surface area (Å²) >= 11 is 0. The highest BCUT2D eigenvalue weighted by Gasteiger charge is 2.10. The van der Waals surface area contributed by atoms with Crippen LogP contribution in [0.3, 0.4) is 0 Å². The Morgan fingerprint density at radius 2 is 1.55 bits per heavy atom. The lowest BCUT2D eigenvalue weighted by atomic mass is 9.99. The predicted octanol–water partition coefficient (Wildman–Crippen LogP) is 5.62. The van der Waals surface area contributed by atoms with Crippen molar-refractivity contribution in [2.45, 2.75) is 71.3 Å². The monoisotopic (exact) mass is 279 g/mol. The van der Waals surface area contributed by atoms with E-state index in [0.29, 0.717) is 6.04 Å². The largest absolute Gasteiger partial charge is 0.310 e. The Bertz CT molecular complexity index is 334. The second kappa shape index (κ2) is 10.8. The highest BCUT2D eigenvalue weighted by atomic mass is 19.1. The molecule has 1 atom stereocenters. The summed E-state index contributed by atoms with van der Waals surface area (Å²) in [6.07, 6.45) is 10.2. The Kier molecular flexibility index (Phi) is 9.31. The molecule has 0 aliphatic heterocycles. The molecule has 1 nitrogen and oxygen atoms in total. The van der Waals surface area contributed by atoms with Crippen LogP contribution >= 0.6 is 0 Å². The lowest BCUT2D eigenvalue weighted by Crippen LogP contribution is -2.22. The lowest BCUT2D eigenvalue weighted by Gasteiger charge is -2.19. The van der Waals surface area contributed by atoms with E-state index < -0.39 is 0 Å². The van der Waals surface area contributed by atoms with Gasteiger partial charge in [0.15, 0.2) is 0 Å². The van der Waals surface area contributed by atoms with Crippen molar-refractivity contribution < 1.29 is 4.39 Å². The first kappa shape index (κ1) is 17.2. The molecule has 1 unspecified atom stereocenters. The van der Waals surface area contributed by atoms with Crippen molar-refractivity contribution in [1.82, 2.24) is 5.32 Å². The van der Waals surface area contributed by atoms with E-state index in [0.717, 1.165) is 19.4 Å². The minimum absolute atomic E-state index is 0.150. The van der Waals surface area contributed by atoms with Crippen LogP contribution in [0.4, 0.5) is 4.39 Å². The fraction of sp³-hybridized carbons (Fsp3) is 0.667. The summed E-state index contributed by atoms with van der Waals surface area (Å²) in [7, 11) is 0. The van der Waals surface area contributed by atoms with Crippen LogP contribution in [-0.4, -0.2) is 6.54 Å². The van der Waals surface area contributed by atoms with E-state index in [1.165, 1.54) is 44.1 Å². The van der Waals surface area contributed by atoms with Crippen LogP contribution in [0.2, 0.25) is 0 Å². The summed E-state index contributed by atoms with van der Waals surface area (Å²) in [5, 5.41) is 3.58. The Morgan fingerprint density at radius 3 is 2.20 bits per heavy atom. The molecule has 0 bridgehead atoms. The number of hydrogen-bond acceptors (Lipinski definition) is 1. The maximum Gasteiger partial charge on any atom is 0.123 e. The lowest BCUT2D eigenvalue weighted by molar-refractivity contribution is 0.466. The summed E-state index contributed by atoms with van der Waals surface area (Å²) in [4.78, 5) is 0. The van der Waals surface area contributed by atoms with Gasteiger partial charge in [-0.05, 0) is 37.1 Å². The standard InChI is InChI=1S/C18H30FN/c1-3-5-6-7-8-9-10-18(20-15-4-2)16-11-13-17(19)14-12-16/h11-14,18,20H,3-10,15H2,1-2H3. The van der Waals surface area contributed by atoms with Crippen molar-refractivity contribution in [1.29, 1.82) is 0 Å². The second-order valence-corrected chi connectivity index (χ2v) is 5.61. The van der Waals surface area contributed by atoms with E-state index >= 15 is 0 Å². The molecule has 0 amide bonds. The summed E-state index contributed by atoms with van der Waals surface area (Å²) in [6.45, 7) is 5.45. The van der Waals surface area contributed by atoms with Crippen molar-refractivity contribution in [2.24, 2.45) is 0 Å². The molecule has 0 saturated carbocycles. The third-order valence-corrected chi connectivity index (χ3v) is 3.76. The number of rotatable bonds is 11. The molecule has 0 radical (unpaired) electrons. The van der Waals surface area contributed by atoms with Gasteiger partial charge in [-0.25, -0.2) is 4.39 Å². The van der Waals surface area contributed by atoms with Gasteiger partial charge < -0.3 is 5.32 Å². The number of nitrogens with one attached hydrogen (secondary N) is 1.